The van der Waals surface area contributed by atoms with Gasteiger partial charge in [-0.3, -0.25) is 4.79 Å². The van der Waals surface area contributed by atoms with Crippen LogP contribution in [0.2, 0.25) is 5.02 Å². The number of halogens is 1. The zero-order valence-electron chi connectivity index (χ0n) is 12.3. The number of benzene rings is 2. The summed E-state index contributed by atoms with van der Waals surface area (Å²) in [6.07, 6.45) is 0. The van der Waals surface area contributed by atoms with Crippen molar-refractivity contribution in [1.29, 1.82) is 0 Å². The van der Waals surface area contributed by atoms with Crippen LogP contribution in [0.4, 0.5) is 5.69 Å². The molecule has 4 heteroatoms. The van der Waals surface area contributed by atoms with Crippen molar-refractivity contribution >= 4 is 23.2 Å². The fourth-order valence-corrected chi connectivity index (χ4v) is 2.30. The molecule has 2 aromatic rings. The third-order valence-electron chi connectivity index (χ3n) is 3.50. The van der Waals surface area contributed by atoms with Crippen molar-refractivity contribution < 1.29 is 4.79 Å². The summed E-state index contributed by atoms with van der Waals surface area (Å²) in [4.78, 5) is 14.3. The first-order valence-corrected chi connectivity index (χ1v) is 7.29. The first-order valence-electron chi connectivity index (χ1n) is 6.91. The summed E-state index contributed by atoms with van der Waals surface area (Å²) in [6, 6.07) is 13.0. The average Bonchev–Trinajstić information content (AvgIpc) is 2.48. The molecule has 0 spiro atoms. The second-order valence-corrected chi connectivity index (χ2v) is 5.39. The van der Waals surface area contributed by atoms with Crippen LogP contribution < -0.4 is 5.73 Å². The highest BCUT2D eigenvalue weighted by Gasteiger charge is 2.16. The molecule has 3 nitrogen and oxygen atoms in total. The predicted molar refractivity (Wildman–Crippen MR) is 87.5 cm³/mol. The van der Waals surface area contributed by atoms with Crippen molar-refractivity contribution in [2.75, 3.05) is 12.3 Å². The third kappa shape index (κ3) is 3.56. The molecule has 1 amide bonds. The van der Waals surface area contributed by atoms with E-state index in [0.717, 1.165) is 11.1 Å². The Morgan fingerprint density at radius 2 is 1.95 bits per heavy atom. The van der Waals surface area contributed by atoms with Crippen LogP contribution in [-0.2, 0) is 6.54 Å². The Bertz CT molecular complexity index is 655. The standard InChI is InChI=1S/C17H19ClN2O/c1-3-20(11-14-6-4-5-7-16(14)19)17(21)13-9-8-12(2)15(18)10-13/h4-10H,3,11,19H2,1-2H3. The van der Waals surface area contributed by atoms with Gasteiger partial charge in [-0.15, -0.1) is 0 Å². The molecule has 0 bridgehead atoms. The number of aryl methyl sites for hydroxylation is 1. The molecule has 0 unspecified atom stereocenters. The number of rotatable bonds is 4. The van der Waals surface area contributed by atoms with Gasteiger partial charge < -0.3 is 10.6 Å². The predicted octanol–water partition coefficient (Wildman–Crippen LogP) is 3.89. The molecule has 0 saturated heterocycles. The highest BCUT2D eigenvalue weighted by molar-refractivity contribution is 6.31. The highest BCUT2D eigenvalue weighted by atomic mass is 35.5. The van der Waals surface area contributed by atoms with Crippen LogP contribution in [0.3, 0.4) is 0 Å². The van der Waals surface area contributed by atoms with Crippen molar-refractivity contribution in [2.45, 2.75) is 20.4 Å². The van der Waals surface area contributed by atoms with Gasteiger partial charge in [0.1, 0.15) is 0 Å². The molecule has 0 atom stereocenters. The quantitative estimate of drug-likeness (QED) is 0.871. The van der Waals surface area contributed by atoms with E-state index in [1.54, 1.807) is 17.0 Å². The van der Waals surface area contributed by atoms with Crippen LogP contribution in [0.15, 0.2) is 42.5 Å². The summed E-state index contributed by atoms with van der Waals surface area (Å²) in [7, 11) is 0. The molecule has 21 heavy (non-hydrogen) atoms. The van der Waals surface area contributed by atoms with Gasteiger partial charge in [0.05, 0.1) is 0 Å². The smallest absolute Gasteiger partial charge is 0.254 e. The van der Waals surface area contributed by atoms with E-state index >= 15 is 0 Å². The Labute approximate surface area is 130 Å². The molecule has 0 aromatic heterocycles. The number of nitrogen functional groups attached to an aromatic ring is 1. The van der Waals surface area contributed by atoms with Gasteiger partial charge in [0, 0.05) is 29.4 Å². The molecule has 0 aliphatic carbocycles. The van der Waals surface area contributed by atoms with Gasteiger partial charge in [-0.05, 0) is 43.2 Å². The first-order chi connectivity index (χ1) is 10.0. The lowest BCUT2D eigenvalue weighted by atomic mass is 10.1. The minimum atomic E-state index is -0.0392. The Balaban J connectivity index is 2.22. The lowest BCUT2D eigenvalue weighted by Gasteiger charge is -2.22. The minimum absolute atomic E-state index is 0.0392. The van der Waals surface area contributed by atoms with E-state index in [9.17, 15) is 4.79 Å². The largest absolute Gasteiger partial charge is 0.398 e. The monoisotopic (exact) mass is 302 g/mol. The topological polar surface area (TPSA) is 46.3 Å². The van der Waals surface area contributed by atoms with Gasteiger partial charge in [0.2, 0.25) is 0 Å². The lowest BCUT2D eigenvalue weighted by Crippen LogP contribution is -2.30. The molecule has 2 aromatic carbocycles. The maximum Gasteiger partial charge on any atom is 0.254 e. The molecule has 0 aliphatic heterocycles. The van der Waals surface area contributed by atoms with E-state index in [-0.39, 0.29) is 5.91 Å². The summed E-state index contributed by atoms with van der Waals surface area (Å²) < 4.78 is 0. The van der Waals surface area contributed by atoms with E-state index in [1.165, 1.54) is 0 Å². The molecule has 0 fully saturated rings. The van der Waals surface area contributed by atoms with Crippen LogP contribution in [0.5, 0.6) is 0 Å². The van der Waals surface area contributed by atoms with Crippen molar-refractivity contribution in [1.82, 2.24) is 4.90 Å². The fourth-order valence-electron chi connectivity index (χ4n) is 2.12. The van der Waals surface area contributed by atoms with Gasteiger partial charge in [0.15, 0.2) is 0 Å². The minimum Gasteiger partial charge on any atom is -0.398 e. The molecule has 0 saturated carbocycles. The second-order valence-electron chi connectivity index (χ2n) is 4.98. The number of hydrogen-bond donors (Lipinski definition) is 1. The molecular formula is C17H19ClN2O. The molecule has 110 valence electrons. The van der Waals surface area contributed by atoms with Gasteiger partial charge in [0.25, 0.3) is 5.91 Å². The molecule has 2 N–H and O–H groups in total. The third-order valence-corrected chi connectivity index (χ3v) is 3.91. The fraction of sp³-hybridized carbons (Fsp3) is 0.235. The van der Waals surface area contributed by atoms with Crippen LogP contribution in [0, 0.1) is 6.92 Å². The highest BCUT2D eigenvalue weighted by Crippen LogP contribution is 2.20. The Kier molecular flexibility index (Phi) is 4.86. The SMILES string of the molecule is CCN(Cc1ccccc1N)C(=O)c1ccc(C)c(Cl)c1. The number of anilines is 1. The van der Waals surface area contributed by atoms with Gasteiger partial charge >= 0.3 is 0 Å². The number of carbonyl (C=O) groups is 1. The zero-order valence-corrected chi connectivity index (χ0v) is 13.0. The molecule has 2 rings (SSSR count). The van der Waals surface area contributed by atoms with Crippen molar-refractivity contribution in [3.05, 3.63) is 64.2 Å². The van der Waals surface area contributed by atoms with Gasteiger partial charge in [-0.2, -0.15) is 0 Å². The zero-order chi connectivity index (χ0) is 15.4. The van der Waals surface area contributed by atoms with Crippen LogP contribution >= 0.6 is 11.6 Å². The average molecular weight is 303 g/mol. The maximum absolute atomic E-state index is 12.6. The number of nitrogens with two attached hydrogens (primary N) is 1. The number of hydrogen-bond acceptors (Lipinski definition) is 2. The van der Waals surface area contributed by atoms with E-state index in [4.69, 9.17) is 17.3 Å². The van der Waals surface area contributed by atoms with Crippen LogP contribution in [0.25, 0.3) is 0 Å². The number of nitrogens with zero attached hydrogens (tertiary/aromatic N) is 1. The van der Waals surface area contributed by atoms with E-state index < -0.39 is 0 Å². The molecule has 0 radical (unpaired) electrons. The Morgan fingerprint density at radius 3 is 2.57 bits per heavy atom. The lowest BCUT2D eigenvalue weighted by molar-refractivity contribution is 0.0753. The second kappa shape index (κ2) is 6.64. The Morgan fingerprint density at radius 1 is 1.24 bits per heavy atom. The molecular weight excluding hydrogens is 284 g/mol. The summed E-state index contributed by atoms with van der Waals surface area (Å²) in [5.41, 5.74) is 9.16. The van der Waals surface area contributed by atoms with Crippen molar-refractivity contribution in [3.8, 4) is 0 Å². The molecule has 0 heterocycles. The van der Waals surface area contributed by atoms with E-state index in [2.05, 4.69) is 0 Å². The summed E-state index contributed by atoms with van der Waals surface area (Å²) in [5, 5.41) is 0.608. The van der Waals surface area contributed by atoms with Gasteiger partial charge in [-0.1, -0.05) is 35.9 Å². The van der Waals surface area contributed by atoms with E-state index in [0.29, 0.717) is 29.4 Å². The first kappa shape index (κ1) is 15.4. The normalized spacial score (nSPS) is 10.4. The number of para-hydroxylation sites is 1. The summed E-state index contributed by atoms with van der Waals surface area (Å²) >= 11 is 6.10. The number of carbonyl (C=O) groups excluding carboxylic acids is 1. The Hall–Kier alpha value is -2.00. The van der Waals surface area contributed by atoms with Crippen LogP contribution in [-0.4, -0.2) is 17.4 Å². The summed E-state index contributed by atoms with van der Waals surface area (Å²) in [5.74, 6) is -0.0392. The van der Waals surface area contributed by atoms with Crippen molar-refractivity contribution in [2.24, 2.45) is 0 Å². The van der Waals surface area contributed by atoms with Crippen molar-refractivity contribution in [3.63, 3.8) is 0 Å². The van der Waals surface area contributed by atoms with Gasteiger partial charge in [-0.25, -0.2) is 0 Å². The number of amides is 1. The van der Waals surface area contributed by atoms with E-state index in [1.807, 2.05) is 44.2 Å². The maximum atomic E-state index is 12.6. The van der Waals surface area contributed by atoms with Crippen LogP contribution in [0.1, 0.15) is 28.4 Å². The summed E-state index contributed by atoms with van der Waals surface area (Å²) in [6.45, 7) is 4.97. The molecule has 0 aliphatic rings.